The third-order valence-electron chi connectivity index (χ3n) is 4.84. The molecule has 8 heteroatoms. The molecule has 0 spiro atoms. The van der Waals surface area contributed by atoms with Crippen molar-refractivity contribution >= 4 is 11.9 Å². The molecule has 1 aromatic carbocycles. The predicted octanol–water partition coefficient (Wildman–Crippen LogP) is 2.77. The van der Waals surface area contributed by atoms with Crippen LogP contribution in [0.3, 0.4) is 0 Å². The van der Waals surface area contributed by atoms with Crippen LogP contribution in [0.4, 0.5) is 10.6 Å². The zero-order chi connectivity index (χ0) is 19.5. The first-order valence-corrected chi connectivity index (χ1v) is 9.28. The van der Waals surface area contributed by atoms with E-state index >= 15 is 0 Å². The number of nitrogens with zero attached hydrogens (tertiary/aromatic N) is 6. The monoisotopic (exact) mass is 378 g/mol. The molecule has 3 aromatic rings. The molecule has 8 nitrogen and oxygen atoms in total. The van der Waals surface area contributed by atoms with Gasteiger partial charge in [0.2, 0.25) is 0 Å². The summed E-state index contributed by atoms with van der Waals surface area (Å²) in [5, 5.41) is 12.3. The number of benzene rings is 1. The first-order valence-electron chi connectivity index (χ1n) is 9.28. The summed E-state index contributed by atoms with van der Waals surface area (Å²) in [4.78, 5) is 25.0. The van der Waals surface area contributed by atoms with Crippen molar-refractivity contribution < 1.29 is 9.90 Å². The van der Waals surface area contributed by atoms with Gasteiger partial charge >= 0.3 is 6.09 Å². The van der Waals surface area contributed by atoms with Crippen molar-refractivity contribution in [3.05, 3.63) is 60.4 Å². The highest BCUT2D eigenvalue weighted by Gasteiger charge is 2.27. The van der Waals surface area contributed by atoms with Crippen LogP contribution in [0.25, 0.3) is 11.3 Å². The highest BCUT2D eigenvalue weighted by molar-refractivity contribution is 5.68. The second-order valence-corrected chi connectivity index (χ2v) is 6.77. The zero-order valence-electron chi connectivity index (χ0n) is 15.7. The maximum atomic E-state index is 11.4. The van der Waals surface area contributed by atoms with Crippen LogP contribution in [0, 0.1) is 0 Å². The molecule has 144 valence electrons. The fourth-order valence-corrected chi connectivity index (χ4v) is 3.41. The van der Waals surface area contributed by atoms with Gasteiger partial charge in [0.25, 0.3) is 0 Å². The zero-order valence-corrected chi connectivity index (χ0v) is 15.7. The Morgan fingerprint density at radius 3 is 2.71 bits per heavy atom. The van der Waals surface area contributed by atoms with Gasteiger partial charge in [-0.25, -0.2) is 19.8 Å². The molecule has 3 heterocycles. The van der Waals surface area contributed by atoms with Gasteiger partial charge in [-0.1, -0.05) is 30.3 Å². The number of carbonyl (C=O) groups is 1. The normalized spacial score (nSPS) is 13.9. The predicted molar refractivity (Wildman–Crippen MR) is 105 cm³/mol. The van der Waals surface area contributed by atoms with E-state index in [1.165, 1.54) is 5.01 Å². The van der Waals surface area contributed by atoms with Gasteiger partial charge in [0, 0.05) is 44.5 Å². The van der Waals surface area contributed by atoms with Crippen LogP contribution >= 0.6 is 0 Å². The minimum absolute atomic E-state index is 0.483. The molecule has 0 saturated carbocycles. The van der Waals surface area contributed by atoms with E-state index in [4.69, 9.17) is 4.98 Å². The minimum Gasteiger partial charge on any atom is -0.464 e. The van der Waals surface area contributed by atoms with Crippen LogP contribution in [-0.4, -0.2) is 48.8 Å². The Bertz CT molecular complexity index is 972. The van der Waals surface area contributed by atoms with Gasteiger partial charge in [-0.15, -0.1) is 0 Å². The van der Waals surface area contributed by atoms with Gasteiger partial charge in [0.15, 0.2) is 5.82 Å². The summed E-state index contributed by atoms with van der Waals surface area (Å²) >= 11 is 0. The van der Waals surface area contributed by atoms with Gasteiger partial charge in [-0.05, 0) is 12.8 Å². The summed E-state index contributed by atoms with van der Waals surface area (Å²) in [7, 11) is 1.99. The average molecular weight is 378 g/mol. The van der Waals surface area contributed by atoms with Crippen molar-refractivity contribution in [2.75, 3.05) is 18.1 Å². The summed E-state index contributed by atoms with van der Waals surface area (Å²) in [6.07, 6.45) is 6.59. The number of imidazole rings is 1. The third-order valence-corrected chi connectivity index (χ3v) is 4.84. The maximum Gasteiger partial charge on any atom is 0.426 e. The Hall–Kier alpha value is -3.42. The average Bonchev–Trinajstić information content (AvgIpc) is 3.34. The number of hydrogen-bond donors (Lipinski definition) is 1. The SMILES string of the molecule is Cn1cc(-c2ccccc2)nc1CCc1cncc(N2CCCN2C(=O)O)n1. The molecule has 2 aromatic heterocycles. The molecule has 1 aliphatic rings. The molecular weight excluding hydrogens is 356 g/mol. The fourth-order valence-electron chi connectivity index (χ4n) is 3.41. The van der Waals surface area contributed by atoms with Gasteiger partial charge in [0.1, 0.15) is 5.82 Å². The topological polar surface area (TPSA) is 87.4 Å². The van der Waals surface area contributed by atoms with Gasteiger partial charge in [0.05, 0.1) is 17.6 Å². The number of hydrazine groups is 1. The molecule has 28 heavy (non-hydrogen) atoms. The van der Waals surface area contributed by atoms with Crippen molar-refractivity contribution in [2.24, 2.45) is 7.05 Å². The summed E-state index contributed by atoms with van der Waals surface area (Å²) in [5.74, 6) is 1.54. The van der Waals surface area contributed by atoms with E-state index in [0.717, 1.165) is 35.6 Å². The Balaban J connectivity index is 1.47. The van der Waals surface area contributed by atoms with Crippen LogP contribution < -0.4 is 5.01 Å². The van der Waals surface area contributed by atoms with E-state index in [-0.39, 0.29) is 0 Å². The quantitative estimate of drug-likeness (QED) is 0.735. The van der Waals surface area contributed by atoms with Gasteiger partial charge in [-0.3, -0.25) is 9.99 Å². The van der Waals surface area contributed by atoms with Crippen LogP contribution in [0.15, 0.2) is 48.9 Å². The molecule has 0 radical (unpaired) electrons. The lowest BCUT2D eigenvalue weighted by atomic mass is 10.2. The molecule has 0 aliphatic carbocycles. The smallest absolute Gasteiger partial charge is 0.426 e. The molecule has 1 saturated heterocycles. The Morgan fingerprint density at radius 2 is 1.93 bits per heavy atom. The van der Waals surface area contributed by atoms with Crippen molar-refractivity contribution in [1.29, 1.82) is 0 Å². The van der Waals surface area contributed by atoms with E-state index in [9.17, 15) is 9.90 Å². The van der Waals surface area contributed by atoms with Crippen molar-refractivity contribution in [3.63, 3.8) is 0 Å². The van der Waals surface area contributed by atoms with Crippen LogP contribution in [0.5, 0.6) is 0 Å². The number of rotatable bonds is 5. The van der Waals surface area contributed by atoms with Crippen molar-refractivity contribution in [1.82, 2.24) is 24.5 Å². The van der Waals surface area contributed by atoms with E-state index in [1.54, 1.807) is 17.4 Å². The van der Waals surface area contributed by atoms with Crippen LogP contribution in [0.2, 0.25) is 0 Å². The number of anilines is 1. The van der Waals surface area contributed by atoms with E-state index in [2.05, 4.69) is 9.97 Å². The summed E-state index contributed by atoms with van der Waals surface area (Å²) < 4.78 is 2.03. The maximum absolute atomic E-state index is 11.4. The van der Waals surface area contributed by atoms with Gasteiger partial charge in [-0.2, -0.15) is 0 Å². The lowest BCUT2D eigenvalue weighted by Crippen LogP contribution is -2.41. The first kappa shape index (κ1) is 18.0. The summed E-state index contributed by atoms with van der Waals surface area (Å²) in [6, 6.07) is 10.1. The molecule has 0 unspecified atom stereocenters. The molecule has 0 atom stereocenters. The third kappa shape index (κ3) is 3.66. The highest BCUT2D eigenvalue weighted by Crippen LogP contribution is 2.21. The minimum atomic E-state index is -0.967. The Morgan fingerprint density at radius 1 is 1.11 bits per heavy atom. The molecule has 4 rings (SSSR count). The van der Waals surface area contributed by atoms with E-state index in [0.29, 0.717) is 25.3 Å². The van der Waals surface area contributed by atoms with Crippen molar-refractivity contribution in [2.45, 2.75) is 19.3 Å². The van der Waals surface area contributed by atoms with E-state index < -0.39 is 6.09 Å². The number of hydrogen-bond acceptors (Lipinski definition) is 5. The van der Waals surface area contributed by atoms with Crippen LogP contribution in [0.1, 0.15) is 17.9 Å². The second kappa shape index (κ2) is 7.67. The summed E-state index contributed by atoms with van der Waals surface area (Å²) in [6.45, 7) is 1.11. The fraction of sp³-hybridized carbons (Fsp3) is 0.300. The molecule has 1 amide bonds. The van der Waals surface area contributed by atoms with Crippen LogP contribution in [-0.2, 0) is 19.9 Å². The number of amides is 1. The number of aryl methyl sites for hydroxylation is 3. The molecular formula is C20H22N6O2. The molecule has 1 aliphatic heterocycles. The van der Waals surface area contributed by atoms with E-state index in [1.807, 2.05) is 48.1 Å². The largest absolute Gasteiger partial charge is 0.464 e. The number of aromatic nitrogens is 4. The lowest BCUT2D eigenvalue weighted by molar-refractivity contribution is 0.151. The lowest BCUT2D eigenvalue weighted by Gasteiger charge is -2.25. The molecule has 0 bridgehead atoms. The molecule has 1 fully saturated rings. The first-order chi connectivity index (χ1) is 13.6. The molecule has 1 N–H and O–H groups in total. The van der Waals surface area contributed by atoms with Gasteiger partial charge < -0.3 is 9.67 Å². The van der Waals surface area contributed by atoms with Crippen molar-refractivity contribution in [3.8, 4) is 11.3 Å². The Kier molecular flexibility index (Phi) is 4.92. The summed E-state index contributed by atoms with van der Waals surface area (Å²) in [5.41, 5.74) is 2.86. The second-order valence-electron chi connectivity index (χ2n) is 6.77. The highest BCUT2D eigenvalue weighted by atomic mass is 16.4. The number of carboxylic acid groups (broad SMARTS) is 1. The standard InChI is InChI=1S/C20H22N6O2/c1-24-14-17(15-6-3-2-4-7-15)23-18(24)9-8-16-12-21-13-19(22-16)25-10-5-11-26(25)20(27)28/h2-4,6-7,12-14H,5,8-11H2,1H3,(H,27,28). The Labute approximate surface area is 163 Å².